The van der Waals surface area contributed by atoms with Crippen LogP contribution in [0.5, 0.6) is 0 Å². The Kier molecular flexibility index (Phi) is 2.28. The van der Waals surface area contributed by atoms with Crippen LogP contribution >= 0.6 is 0 Å². The van der Waals surface area contributed by atoms with Gasteiger partial charge in [0.15, 0.2) is 0 Å². The quantitative estimate of drug-likeness (QED) is 0.548. The van der Waals surface area contributed by atoms with Crippen molar-refractivity contribution < 1.29 is 4.21 Å². The molecule has 0 aromatic rings. The molecule has 0 radical (unpaired) electrons. The summed E-state index contributed by atoms with van der Waals surface area (Å²) in [5, 5.41) is 0.505. The van der Waals surface area contributed by atoms with E-state index in [0.717, 1.165) is 0 Å². The summed E-state index contributed by atoms with van der Waals surface area (Å²) >= 11 is 0. The summed E-state index contributed by atoms with van der Waals surface area (Å²) in [7, 11) is -0.571. The van der Waals surface area contributed by atoms with Crippen LogP contribution in [0.15, 0.2) is 0 Å². The maximum Gasteiger partial charge on any atom is 0.0370 e. The number of hydrogen-bond donors (Lipinski definition) is 0. The first-order valence-electron chi connectivity index (χ1n) is 3.54. The average molecular weight is 146 g/mol. The van der Waals surface area contributed by atoms with Gasteiger partial charge in [-0.05, 0) is 18.8 Å². The van der Waals surface area contributed by atoms with Crippen molar-refractivity contribution in [3.8, 4) is 0 Å². The van der Waals surface area contributed by atoms with E-state index in [9.17, 15) is 4.21 Å². The molecule has 0 saturated heterocycles. The average Bonchev–Trinajstić information content (AvgIpc) is 2.13. The minimum absolute atomic E-state index is 0.505. The van der Waals surface area contributed by atoms with Gasteiger partial charge >= 0.3 is 0 Å². The lowest BCUT2D eigenvalue weighted by atomic mass is 10.1. The van der Waals surface area contributed by atoms with Crippen molar-refractivity contribution in [2.24, 2.45) is 5.92 Å². The topological polar surface area (TPSA) is 17.1 Å². The lowest BCUT2D eigenvalue weighted by Gasteiger charge is -2.10. The van der Waals surface area contributed by atoms with Gasteiger partial charge in [0, 0.05) is 22.3 Å². The first-order chi connectivity index (χ1) is 4.22. The molecule has 0 aromatic heterocycles. The molecular weight excluding hydrogens is 132 g/mol. The normalized spacial score (nSPS) is 38.9. The molecule has 0 amide bonds. The van der Waals surface area contributed by atoms with Crippen LogP contribution in [0.2, 0.25) is 0 Å². The summed E-state index contributed by atoms with van der Waals surface area (Å²) in [5.74, 6) is 0.704. The molecular formula is C7H14OS. The van der Waals surface area contributed by atoms with E-state index < -0.39 is 10.8 Å². The van der Waals surface area contributed by atoms with E-state index in [1.54, 1.807) is 0 Å². The maximum absolute atomic E-state index is 11.0. The molecule has 1 nitrogen and oxygen atoms in total. The molecule has 0 aromatic carbocycles. The Hall–Kier alpha value is 0.150. The van der Waals surface area contributed by atoms with Gasteiger partial charge in [0.2, 0.25) is 0 Å². The minimum atomic E-state index is -0.571. The van der Waals surface area contributed by atoms with E-state index in [4.69, 9.17) is 0 Å². The van der Waals surface area contributed by atoms with Gasteiger partial charge in [-0.3, -0.25) is 4.21 Å². The smallest absolute Gasteiger partial charge is 0.0370 e. The monoisotopic (exact) mass is 146 g/mol. The van der Waals surface area contributed by atoms with E-state index in [1.165, 1.54) is 19.3 Å². The molecule has 54 valence electrons. The highest BCUT2D eigenvalue weighted by Crippen LogP contribution is 2.28. The molecule has 1 saturated carbocycles. The summed E-state index contributed by atoms with van der Waals surface area (Å²) in [6, 6.07) is 0. The fourth-order valence-electron chi connectivity index (χ4n) is 1.60. The second kappa shape index (κ2) is 2.82. The SMILES string of the molecule is C[C@H]1CCC[C@H]1S(C)=O. The molecule has 0 spiro atoms. The minimum Gasteiger partial charge on any atom is -0.260 e. The van der Waals surface area contributed by atoms with E-state index in [1.807, 2.05) is 6.26 Å². The molecule has 2 heteroatoms. The standard InChI is InChI=1S/C7H14OS/c1-6-4-3-5-7(6)9(2)8/h6-7H,3-5H2,1-2H3/t6-,7+,9?/m0/s1. The zero-order valence-electron chi connectivity index (χ0n) is 6.09. The van der Waals surface area contributed by atoms with Crippen LogP contribution in [-0.2, 0) is 10.8 Å². The first kappa shape index (κ1) is 7.26. The van der Waals surface area contributed by atoms with Crippen molar-refractivity contribution in [1.29, 1.82) is 0 Å². The summed E-state index contributed by atoms with van der Waals surface area (Å²) in [6.45, 7) is 2.21. The summed E-state index contributed by atoms with van der Waals surface area (Å²) < 4.78 is 11.0. The molecule has 1 fully saturated rings. The third kappa shape index (κ3) is 1.54. The zero-order valence-corrected chi connectivity index (χ0v) is 6.91. The fourth-order valence-corrected chi connectivity index (χ4v) is 2.89. The van der Waals surface area contributed by atoms with E-state index in [2.05, 4.69) is 6.92 Å². The van der Waals surface area contributed by atoms with Gasteiger partial charge in [-0.2, -0.15) is 0 Å². The third-order valence-corrected chi connectivity index (χ3v) is 3.76. The highest BCUT2D eigenvalue weighted by molar-refractivity contribution is 7.84. The molecule has 0 heterocycles. The van der Waals surface area contributed by atoms with Crippen molar-refractivity contribution >= 4 is 10.8 Å². The molecule has 3 atom stereocenters. The van der Waals surface area contributed by atoms with Crippen molar-refractivity contribution in [2.75, 3.05) is 6.26 Å². The van der Waals surface area contributed by atoms with Gasteiger partial charge in [-0.15, -0.1) is 0 Å². The molecule has 1 unspecified atom stereocenters. The first-order valence-corrected chi connectivity index (χ1v) is 5.16. The Morgan fingerprint density at radius 1 is 1.44 bits per heavy atom. The van der Waals surface area contributed by atoms with Crippen LogP contribution in [0.3, 0.4) is 0 Å². The van der Waals surface area contributed by atoms with Gasteiger partial charge < -0.3 is 0 Å². The van der Waals surface area contributed by atoms with Crippen molar-refractivity contribution in [2.45, 2.75) is 31.4 Å². The molecule has 1 aliphatic carbocycles. The Bertz CT molecular complexity index is 122. The second-order valence-electron chi connectivity index (χ2n) is 2.95. The maximum atomic E-state index is 11.0. The predicted octanol–water partition coefficient (Wildman–Crippen LogP) is 1.55. The van der Waals surface area contributed by atoms with Gasteiger partial charge in [-0.1, -0.05) is 13.3 Å². The molecule has 0 N–H and O–H groups in total. The molecule has 1 aliphatic rings. The van der Waals surface area contributed by atoms with Gasteiger partial charge in [-0.25, -0.2) is 0 Å². The van der Waals surface area contributed by atoms with Crippen LogP contribution in [0, 0.1) is 5.92 Å². The van der Waals surface area contributed by atoms with Crippen LogP contribution in [0.1, 0.15) is 26.2 Å². The molecule has 0 aliphatic heterocycles. The highest BCUT2D eigenvalue weighted by Gasteiger charge is 2.25. The van der Waals surface area contributed by atoms with E-state index in [-0.39, 0.29) is 0 Å². The Morgan fingerprint density at radius 2 is 2.11 bits per heavy atom. The summed E-state index contributed by atoms with van der Waals surface area (Å²) in [5.41, 5.74) is 0. The molecule has 9 heavy (non-hydrogen) atoms. The van der Waals surface area contributed by atoms with Crippen molar-refractivity contribution in [3.63, 3.8) is 0 Å². The largest absolute Gasteiger partial charge is 0.260 e. The van der Waals surface area contributed by atoms with Gasteiger partial charge in [0.05, 0.1) is 0 Å². The zero-order chi connectivity index (χ0) is 6.85. The lowest BCUT2D eigenvalue weighted by molar-refractivity contribution is 0.600. The van der Waals surface area contributed by atoms with Crippen molar-refractivity contribution in [1.82, 2.24) is 0 Å². The molecule has 1 rings (SSSR count). The Labute approximate surface area is 59.3 Å². The molecule has 0 bridgehead atoms. The van der Waals surface area contributed by atoms with Gasteiger partial charge in [0.25, 0.3) is 0 Å². The predicted molar refractivity (Wildman–Crippen MR) is 40.9 cm³/mol. The highest BCUT2D eigenvalue weighted by atomic mass is 32.2. The fraction of sp³-hybridized carbons (Fsp3) is 1.00. The third-order valence-electron chi connectivity index (χ3n) is 2.21. The van der Waals surface area contributed by atoms with Gasteiger partial charge in [0.1, 0.15) is 0 Å². The Balaban J connectivity index is 2.49. The van der Waals surface area contributed by atoms with Crippen LogP contribution in [0.25, 0.3) is 0 Å². The summed E-state index contributed by atoms with van der Waals surface area (Å²) in [6.07, 6.45) is 5.58. The second-order valence-corrected chi connectivity index (χ2v) is 4.55. The Morgan fingerprint density at radius 3 is 2.33 bits per heavy atom. The van der Waals surface area contributed by atoms with Crippen LogP contribution < -0.4 is 0 Å². The number of rotatable bonds is 1. The summed E-state index contributed by atoms with van der Waals surface area (Å²) in [4.78, 5) is 0. The van der Waals surface area contributed by atoms with Crippen LogP contribution in [0.4, 0.5) is 0 Å². The van der Waals surface area contributed by atoms with Crippen molar-refractivity contribution in [3.05, 3.63) is 0 Å². The van der Waals surface area contributed by atoms with E-state index >= 15 is 0 Å². The van der Waals surface area contributed by atoms with E-state index in [0.29, 0.717) is 11.2 Å². The number of hydrogen-bond acceptors (Lipinski definition) is 1. The lowest BCUT2D eigenvalue weighted by Crippen LogP contribution is -2.15. The van der Waals surface area contributed by atoms with Crippen LogP contribution in [-0.4, -0.2) is 15.7 Å².